The molecular weight excluding hydrogens is 426 g/mol. The maximum atomic E-state index is 13.2. The number of anilines is 2. The van der Waals surface area contributed by atoms with Gasteiger partial charge in [0.25, 0.3) is 5.91 Å². The summed E-state index contributed by atoms with van der Waals surface area (Å²) in [6.45, 7) is 6.25. The van der Waals surface area contributed by atoms with Crippen LogP contribution in [-0.2, 0) is 11.2 Å². The number of aromatic nitrogens is 3. The number of benzene rings is 1. The van der Waals surface area contributed by atoms with Crippen LogP contribution in [0.5, 0.6) is 5.75 Å². The highest BCUT2D eigenvalue weighted by molar-refractivity contribution is 6.09. The zero-order valence-corrected chi connectivity index (χ0v) is 18.9. The minimum absolute atomic E-state index is 0.109. The summed E-state index contributed by atoms with van der Waals surface area (Å²) in [4.78, 5) is 31.2. The summed E-state index contributed by atoms with van der Waals surface area (Å²) < 4.78 is 12.9. The van der Waals surface area contributed by atoms with Gasteiger partial charge in [-0.3, -0.25) is 9.59 Å². The molecule has 10 heteroatoms. The number of carbonyl (C=O) groups is 2. The number of aliphatic hydroxyl groups is 1. The number of Topliss-reactive ketones (excluding diaryl/α,β-unsaturated/α-hetero) is 1. The number of ketones is 1. The van der Waals surface area contributed by atoms with Crippen molar-refractivity contribution in [2.45, 2.75) is 26.4 Å². The molecule has 1 aromatic carbocycles. The molecule has 1 amide bonds. The fourth-order valence-electron chi connectivity index (χ4n) is 4.02. The highest BCUT2D eigenvalue weighted by Gasteiger charge is 2.26. The van der Waals surface area contributed by atoms with E-state index in [1.807, 2.05) is 19.1 Å². The van der Waals surface area contributed by atoms with E-state index >= 15 is 0 Å². The summed E-state index contributed by atoms with van der Waals surface area (Å²) in [7, 11) is 1.00. The van der Waals surface area contributed by atoms with E-state index in [9.17, 15) is 9.59 Å². The lowest BCUT2D eigenvalue weighted by molar-refractivity contribution is 0.101. The van der Waals surface area contributed by atoms with Gasteiger partial charge in [-0.1, -0.05) is 0 Å². The van der Waals surface area contributed by atoms with Gasteiger partial charge in [0.2, 0.25) is 0 Å². The summed E-state index contributed by atoms with van der Waals surface area (Å²) >= 11 is 0. The number of ether oxygens (including phenoxy) is 2. The normalized spacial score (nSPS) is 17.1. The number of morpholine rings is 1. The quantitative estimate of drug-likeness (QED) is 0.576. The van der Waals surface area contributed by atoms with Crippen molar-refractivity contribution < 1.29 is 24.2 Å². The second-order valence-electron chi connectivity index (χ2n) is 7.89. The molecule has 174 valence electrons. The molecule has 1 atom stereocenters. The van der Waals surface area contributed by atoms with Gasteiger partial charge in [-0.25, -0.2) is 9.50 Å². The van der Waals surface area contributed by atoms with Gasteiger partial charge in [0.15, 0.2) is 11.4 Å². The molecule has 1 fully saturated rings. The number of carbonyl (C=O) groups excluding carboxylic acids is 2. The highest BCUT2D eigenvalue weighted by atomic mass is 16.5. The number of aliphatic hydroxyl groups excluding tert-OH is 1. The SMILES string of the molecule is CC(=O)c1cnc2c(C(=O)Nc3cc4c(cc3N3CCOCC3)OC(C)C4)cnn2c1.CO. The molecule has 2 aromatic heterocycles. The van der Waals surface area contributed by atoms with E-state index in [1.54, 1.807) is 6.20 Å². The molecule has 10 nitrogen and oxygen atoms in total. The molecule has 1 saturated heterocycles. The third kappa shape index (κ3) is 4.53. The van der Waals surface area contributed by atoms with Crippen molar-refractivity contribution in [2.75, 3.05) is 43.6 Å². The predicted molar refractivity (Wildman–Crippen MR) is 122 cm³/mol. The van der Waals surface area contributed by atoms with Crippen LogP contribution in [-0.4, -0.2) is 70.9 Å². The van der Waals surface area contributed by atoms with Crippen molar-refractivity contribution in [3.05, 3.63) is 47.4 Å². The Kier molecular flexibility index (Phi) is 6.57. The Balaban J connectivity index is 0.00000126. The monoisotopic (exact) mass is 453 g/mol. The number of amides is 1. The fourth-order valence-corrected chi connectivity index (χ4v) is 4.02. The number of fused-ring (bicyclic) bond motifs is 2. The summed E-state index contributed by atoms with van der Waals surface area (Å²) in [5.74, 6) is 0.446. The molecule has 2 aliphatic rings. The number of hydrogen-bond acceptors (Lipinski definition) is 8. The molecule has 1 unspecified atom stereocenters. The van der Waals surface area contributed by atoms with Crippen LogP contribution in [0.25, 0.3) is 5.65 Å². The molecular formula is C23H27N5O5. The van der Waals surface area contributed by atoms with E-state index in [0.29, 0.717) is 30.0 Å². The number of nitrogens with one attached hydrogen (secondary N) is 1. The molecule has 2 N–H and O–H groups in total. The zero-order valence-electron chi connectivity index (χ0n) is 18.9. The van der Waals surface area contributed by atoms with E-state index < -0.39 is 0 Å². The van der Waals surface area contributed by atoms with E-state index in [2.05, 4.69) is 20.3 Å². The Hall–Kier alpha value is -3.50. The van der Waals surface area contributed by atoms with Crippen molar-refractivity contribution >= 4 is 28.7 Å². The topological polar surface area (TPSA) is 118 Å². The Morgan fingerprint density at radius 2 is 1.94 bits per heavy atom. The first kappa shape index (κ1) is 22.7. The highest BCUT2D eigenvalue weighted by Crippen LogP contribution is 2.39. The van der Waals surface area contributed by atoms with Gasteiger partial charge >= 0.3 is 0 Å². The first-order chi connectivity index (χ1) is 16.0. The minimum Gasteiger partial charge on any atom is -0.490 e. The average Bonchev–Trinajstić information content (AvgIpc) is 3.42. The van der Waals surface area contributed by atoms with Crippen LogP contribution in [0.1, 0.15) is 40.1 Å². The van der Waals surface area contributed by atoms with Crippen molar-refractivity contribution in [2.24, 2.45) is 0 Å². The zero-order chi connectivity index (χ0) is 23.5. The number of nitrogens with zero attached hydrogens (tertiary/aromatic N) is 4. The predicted octanol–water partition coefficient (Wildman–Crippen LogP) is 1.95. The van der Waals surface area contributed by atoms with Gasteiger partial charge in [-0.05, 0) is 19.9 Å². The molecule has 33 heavy (non-hydrogen) atoms. The molecule has 5 rings (SSSR count). The van der Waals surface area contributed by atoms with Crippen LogP contribution in [0, 0.1) is 0 Å². The molecule has 4 heterocycles. The van der Waals surface area contributed by atoms with Crippen LogP contribution in [0.3, 0.4) is 0 Å². The van der Waals surface area contributed by atoms with Gasteiger partial charge in [-0.2, -0.15) is 5.10 Å². The van der Waals surface area contributed by atoms with Gasteiger partial charge in [0.1, 0.15) is 17.4 Å². The first-order valence-electron chi connectivity index (χ1n) is 10.8. The Bertz CT molecular complexity index is 1190. The lowest BCUT2D eigenvalue weighted by Crippen LogP contribution is -2.36. The Morgan fingerprint density at radius 3 is 2.67 bits per heavy atom. The summed E-state index contributed by atoms with van der Waals surface area (Å²) in [5, 5.41) is 14.2. The van der Waals surface area contributed by atoms with Crippen molar-refractivity contribution in [1.82, 2.24) is 14.6 Å². The largest absolute Gasteiger partial charge is 0.490 e. The van der Waals surface area contributed by atoms with E-state index in [4.69, 9.17) is 14.6 Å². The smallest absolute Gasteiger partial charge is 0.261 e. The van der Waals surface area contributed by atoms with Crippen LogP contribution in [0.2, 0.25) is 0 Å². The second-order valence-corrected chi connectivity index (χ2v) is 7.89. The first-order valence-corrected chi connectivity index (χ1v) is 10.8. The molecule has 0 aliphatic carbocycles. The Labute approximate surface area is 191 Å². The molecule has 0 spiro atoms. The van der Waals surface area contributed by atoms with Gasteiger partial charge in [0, 0.05) is 50.6 Å². The minimum atomic E-state index is -0.306. The van der Waals surface area contributed by atoms with Crippen molar-refractivity contribution in [3.8, 4) is 5.75 Å². The van der Waals surface area contributed by atoms with Crippen molar-refractivity contribution in [3.63, 3.8) is 0 Å². The summed E-state index contributed by atoms with van der Waals surface area (Å²) in [6, 6.07) is 4.00. The van der Waals surface area contributed by atoms with Crippen LogP contribution in [0.4, 0.5) is 11.4 Å². The lowest BCUT2D eigenvalue weighted by Gasteiger charge is -2.31. The number of hydrogen-bond donors (Lipinski definition) is 2. The lowest BCUT2D eigenvalue weighted by atomic mass is 10.1. The van der Waals surface area contributed by atoms with Gasteiger partial charge in [-0.15, -0.1) is 0 Å². The maximum Gasteiger partial charge on any atom is 0.261 e. The molecule has 2 aliphatic heterocycles. The maximum absolute atomic E-state index is 13.2. The van der Waals surface area contributed by atoms with Gasteiger partial charge < -0.3 is 24.8 Å². The third-order valence-corrected chi connectivity index (χ3v) is 5.62. The molecule has 3 aromatic rings. The number of rotatable bonds is 4. The molecule has 0 bridgehead atoms. The molecule has 0 radical (unpaired) electrons. The summed E-state index contributed by atoms with van der Waals surface area (Å²) in [5.41, 5.74) is 3.88. The Morgan fingerprint density at radius 1 is 1.18 bits per heavy atom. The standard InChI is InChI=1S/C22H23N5O4.CH4O/c1-13-7-15-8-18(19(9-20(15)31-13)26-3-5-30-6-4-26)25-22(29)17-11-24-27-12-16(14(2)28)10-23-21(17)27;1-2/h8-13H,3-7H2,1-2H3,(H,25,29);2H,1H3. The van der Waals surface area contributed by atoms with Gasteiger partial charge in [0.05, 0.1) is 36.3 Å². The molecule has 0 saturated carbocycles. The summed E-state index contributed by atoms with van der Waals surface area (Å²) in [6.07, 6.45) is 5.41. The average molecular weight is 453 g/mol. The van der Waals surface area contributed by atoms with Crippen molar-refractivity contribution in [1.29, 1.82) is 0 Å². The van der Waals surface area contributed by atoms with E-state index in [-0.39, 0.29) is 17.8 Å². The van der Waals surface area contributed by atoms with Crippen LogP contribution in [0.15, 0.2) is 30.7 Å². The van der Waals surface area contributed by atoms with E-state index in [1.165, 1.54) is 23.8 Å². The van der Waals surface area contributed by atoms with Crippen LogP contribution < -0.4 is 15.0 Å². The van der Waals surface area contributed by atoms with Crippen LogP contribution >= 0.6 is 0 Å². The van der Waals surface area contributed by atoms with E-state index in [0.717, 1.165) is 49.3 Å². The third-order valence-electron chi connectivity index (χ3n) is 5.62. The fraction of sp³-hybridized carbons (Fsp3) is 0.391. The second kappa shape index (κ2) is 9.55.